The van der Waals surface area contributed by atoms with Crippen LogP contribution in [-0.4, -0.2) is 25.2 Å². The van der Waals surface area contributed by atoms with Gasteiger partial charge in [-0.1, -0.05) is 63.7 Å². The summed E-state index contributed by atoms with van der Waals surface area (Å²) in [7, 11) is 0. The van der Waals surface area contributed by atoms with Crippen LogP contribution in [-0.2, 0) is 27.1 Å². The molecule has 2 rings (SSSR count). The van der Waals surface area contributed by atoms with Gasteiger partial charge in [-0.05, 0) is 53.5 Å². The third-order valence-electron chi connectivity index (χ3n) is 4.65. The lowest BCUT2D eigenvalue weighted by Gasteiger charge is -2.14. The normalized spacial score (nSPS) is 11.7. The Labute approximate surface area is 173 Å². The molecule has 0 heterocycles. The van der Waals surface area contributed by atoms with Crippen LogP contribution in [0, 0.1) is 5.92 Å². The van der Waals surface area contributed by atoms with Crippen molar-refractivity contribution in [3.05, 3.63) is 83.4 Å². The Balaban J connectivity index is 1.85. The molecule has 0 saturated heterocycles. The van der Waals surface area contributed by atoms with Crippen molar-refractivity contribution >= 4 is 11.9 Å². The summed E-state index contributed by atoms with van der Waals surface area (Å²) in [5.41, 5.74) is 4.34. The van der Waals surface area contributed by atoms with E-state index >= 15 is 0 Å². The molecule has 0 amide bonds. The van der Waals surface area contributed by atoms with Crippen LogP contribution in [0.2, 0.25) is 0 Å². The van der Waals surface area contributed by atoms with Gasteiger partial charge in [0, 0.05) is 6.08 Å². The Kier molecular flexibility index (Phi) is 8.66. The Morgan fingerprint density at radius 1 is 0.862 bits per heavy atom. The standard InChI is InChI=1S/C25H30O4/c1-5-24(26)28-14-15-29-25(27)23-12-8-21(9-13-23)17-19(4)22-10-6-20(7-11-22)16-18(2)3/h5-13,18-19H,1,14-17H2,2-4H3/t19-/m1/s1. The first-order valence-electron chi connectivity index (χ1n) is 10.0. The number of rotatable bonds is 10. The molecular formula is C25H30O4. The molecule has 0 saturated carbocycles. The average Bonchev–Trinajstić information content (AvgIpc) is 2.71. The largest absolute Gasteiger partial charge is 0.459 e. The summed E-state index contributed by atoms with van der Waals surface area (Å²) in [6.07, 6.45) is 3.07. The second-order valence-corrected chi connectivity index (χ2v) is 7.65. The second-order valence-electron chi connectivity index (χ2n) is 7.65. The molecule has 0 aliphatic rings. The van der Waals surface area contributed by atoms with Gasteiger partial charge in [0.1, 0.15) is 13.2 Å². The summed E-state index contributed by atoms with van der Waals surface area (Å²) in [6, 6.07) is 16.3. The minimum atomic E-state index is -0.533. The Morgan fingerprint density at radius 2 is 1.41 bits per heavy atom. The molecule has 0 N–H and O–H groups in total. The Bertz CT molecular complexity index is 804. The topological polar surface area (TPSA) is 52.6 Å². The monoisotopic (exact) mass is 394 g/mol. The van der Waals surface area contributed by atoms with Crippen molar-refractivity contribution in [1.82, 2.24) is 0 Å². The van der Waals surface area contributed by atoms with E-state index in [2.05, 4.69) is 51.6 Å². The van der Waals surface area contributed by atoms with Gasteiger partial charge in [-0.25, -0.2) is 9.59 Å². The maximum atomic E-state index is 12.0. The van der Waals surface area contributed by atoms with E-state index in [0.717, 1.165) is 18.9 Å². The molecule has 0 radical (unpaired) electrons. The molecule has 154 valence electrons. The van der Waals surface area contributed by atoms with Crippen molar-refractivity contribution in [3.8, 4) is 0 Å². The molecule has 2 aromatic carbocycles. The van der Waals surface area contributed by atoms with Crippen LogP contribution >= 0.6 is 0 Å². The first-order chi connectivity index (χ1) is 13.9. The number of benzene rings is 2. The molecular weight excluding hydrogens is 364 g/mol. The van der Waals surface area contributed by atoms with Crippen molar-refractivity contribution in [2.24, 2.45) is 5.92 Å². The van der Waals surface area contributed by atoms with Gasteiger partial charge in [-0.2, -0.15) is 0 Å². The highest BCUT2D eigenvalue weighted by molar-refractivity contribution is 5.89. The van der Waals surface area contributed by atoms with Gasteiger partial charge in [0.2, 0.25) is 0 Å². The summed E-state index contributed by atoms with van der Waals surface area (Å²) in [5, 5.41) is 0. The van der Waals surface area contributed by atoms with E-state index in [-0.39, 0.29) is 13.2 Å². The Morgan fingerprint density at radius 3 is 2.00 bits per heavy atom. The van der Waals surface area contributed by atoms with Gasteiger partial charge < -0.3 is 9.47 Å². The predicted molar refractivity (Wildman–Crippen MR) is 115 cm³/mol. The first-order valence-corrected chi connectivity index (χ1v) is 10.0. The van der Waals surface area contributed by atoms with Crippen LogP contribution in [0.3, 0.4) is 0 Å². The molecule has 0 bridgehead atoms. The molecule has 0 unspecified atom stereocenters. The van der Waals surface area contributed by atoms with Crippen LogP contribution in [0.25, 0.3) is 0 Å². The summed E-state index contributed by atoms with van der Waals surface area (Å²) in [6.45, 7) is 10.0. The first kappa shape index (κ1) is 22.4. The number of esters is 2. The van der Waals surface area contributed by atoms with E-state index in [0.29, 0.717) is 17.4 Å². The predicted octanol–water partition coefficient (Wildman–Crippen LogP) is 5.12. The molecule has 4 heteroatoms. The lowest BCUT2D eigenvalue weighted by molar-refractivity contribution is -0.138. The third-order valence-corrected chi connectivity index (χ3v) is 4.65. The van der Waals surface area contributed by atoms with Gasteiger partial charge in [0.05, 0.1) is 5.56 Å². The zero-order valence-electron chi connectivity index (χ0n) is 17.5. The maximum Gasteiger partial charge on any atom is 0.338 e. The van der Waals surface area contributed by atoms with E-state index in [9.17, 15) is 9.59 Å². The van der Waals surface area contributed by atoms with E-state index in [1.165, 1.54) is 16.7 Å². The maximum absolute atomic E-state index is 12.0. The fraction of sp³-hybridized carbons (Fsp3) is 0.360. The number of hydrogen-bond acceptors (Lipinski definition) is 4. The van der Waals surface area contributed by atoms with E-state index < -0.39 is 11.9 Å². The van der Waals surface area contributed by atoms with Crippen molar-refractivity contribution in [2.45, 2.75) is 39.5 Å². The summed E-state index contributed by atoms with van der Waals surface area (Å²) < 4.78 is 9.88. The fourth-order valence-electron chi connectivity index (χ4n) is 3.12. The molecule has 4 nitrogen and oxygen atoms in total. The minimum absolute atomic E-state index is 0.0160. The summed E-state index contributed by atoms with van der Waals surface area (Å²) in [4.78, 5) is 23.0. The summed E-state index contributed by atoms with van der Waals surface area (Å²) >= 11 is 0. The number of hydrogen-bond donors (Lipinski definition) is 0. The highest BCUT2D eigenvalue weighted by Gasteiger charge is 2.10. The average molecular weight is 395 g/mol. The highest BCUT2D eigenvalue weighted by Crippen LogP contribution is 2.22. The van der Waals surface area contributed by atoms with Crippen LogP contribution in [0.15, 0.2) is 61.2 Å². The molecule has 1 atom stereocenters. The van der Waals surface area contributed by atoms with Gasteiger partial charge in [0.25, 0.3) is 0 Å². The van der Waals surface area contributed by atoms with Crippen molar-refractivity contribution in [2.75, 3.05) is 13.2 Å². The van der Waals surface area contributed by atoms with E-state index in [1.54, 1.807) is 12.1 Å². The third kappa shape index (κ3) is 7.57. The second kappa shape index (κ2) is 11.2. The van der Waals surface area contributed by atoms with Crippen LogP contribution < -0.4 is 0 Å². The van der Waals surface area contributed by atoms with Crippen LogP contribution in [0.1, 0.15) is 53.7 Å². The number of carbonyl (C=O) groups is 2. The van der Waals surface area contributed by atoms with Gasteiger partial charge in [-0.3, -0.25) is 0 Å². The zero-order valence-corrected chi connectivity index (χ0v) is 17.5. The molecule has 0 spiro atoms. The van der Waals surface area contributed by atoms with Gasteiger partial charge in [0.15, 0.2) is 0 Å². The quantitative estimate of drug-likeness (QED) is 0.319. The molecule has 2 aromatic rings. The number of carbonyl (C=O) groups excluding carboxylic acids is 2. The molecule has 0 fully saturated rings. The fourth-order valence-corrected chi connectivity index (χ4v) is 3.12. The van der Waals surface area contributed by atoms with Crippen LogP contribution in [0.5, 0.6) is 0 Å². The zero-order chi connectivity index (χ0) is 21.2. The molecule has 0 aliphatic carbocycles. The Hall–Kier alpha value is -2.88. The smallest absolute Gasteiger partial charge is 0.338 e. The molecule has 0 aromatic heterocycles. The lowest BCUT2D eigenvalue weighted by atomic mass is 9.92. The van der Waals surface area contributed by atoms with Gasteiger partial charge in [-0.15, -0.1) is 0 Å². The van der Waals surface area contributed by atoms with Gasteiger partial charge >= 0.3 is 11.9 Å². The lowest BCUT2D eigenvalue weighted by Crippen LogP contribution is -2.13. The van der Waals surface area contributed by atoms with E-state index in [4.69, 9.17) is 9.47 Å². The van der Waals surface area contributed by atoms with Crippen molar-refractivity contribution < 1.29 is 19.1 Å². The summed E-state index contributed by atoms with van der Waals surface area (Å²) in [5.74, 6) is 0.0835. The van der Waals surface area contributed by atoms with Crippen molar-refractivity contribution in [3.63, 3.8) is 0 Å². The highest BCUT2D eigenvalue weighted by atomic mass is 16.6. The van der Waals surface area contributed by atoms with Crippen molar-refractivity contribution in [1.29, 1.82) is 0 Å². The molecule has 29 heavy (non-hydrogen) atoms. The van der Waals surface area contributed by atoms with E-state index in [1.807, 2.05) is 12.1 Å². The van der Waals surface area contributed by atoms with Crippen LogP contribution in [0.4, 0.5) is 0 Å². The number of ether oxygens (including phenoxy) is 2. The minimum Gasteiger partial charge on any atom is -0.459 e. The SMILES string of the molecule is C=CC(=O)OCCOC(=O)c1ccc(C[C@@H](C)c2ccc(CC(C)C)cc2)cc1. The molecule has 0 aliphatic heterocycles.